The molecule has 1 atom stereocenters. The van der Waals surface area contributed by atoms with Crippen LogP contribution in [0.2, 0.25) is 0 Å². The molecule has 1 aliphatic carbocycles. The molecule has 1 fully saturated rings. The van der Waals surface area contributed by atoms with Crippen molar-refractivity contribution < 1.29 is 9.32 Å². The van der Waals surface area contributed by atoms with Gasteiger partial charge in [0, 0.05) is 5.41 Å². The Kier molecular flexibility index (Phi) is 5.39. The SMILES string of the molecule is CC(NC(=O)C(C)(C)C)c1nc(C2(N)CCCC2)no1.Cl. The fraction of sp³-hybridized carbons (Fsp3) is 0.786. The highest BCUT2D eigenvalue weighted by Crippen LogP contribution is 2.34. The van der Waals surface area contributed by atoms with Crippen LogP contribution >= 0.6 is 12.4 Å². The molecule has 0 spiro atoms. The van der Waals surface area contributed by atoms with Crippen molar-refractivity contribution in [3.63, 3.8) is 0 Å². The Morgan fingerprint density at radius 1 is 1.38 bits per heavy atom. The van der Waals surface area contributed by atoms with E-state index in [0.29, 0.717) is 11.7 Å². The molecule has 0 aliphatic heterocycles. The predicted octanol–water partition coefficient (Wildman–Crippen LogP) is 2.44. The predicted molar refractivity (Wildman–Crippen MR) is 81.9 cm³/mol. The van der Waals surface area contributed by atoms with Crippen molar-refractivity contribution in [2.75, 3.05) is 0 Å². The smallest absolute Gasteiger partial charge is 0.248 e. The van der Waals surface area contributed by atoms with Crippen molar-refractivity contribution in [2.24, 2.45) is 11.1 Å². The lowest BCUT2D eigenvalue weighted by Crippen LogP contribution is -2.37. The Balaban J connectivity index is 0.00000220. The summed E-state index contributed by atoms with van der Waals surface area (Å²) in [5.74, 6) is 0.921. The van der Waals surface area contributed by atoms with Gasteiger partial charge in [-0.05, 0) is 19.8 Å². The van der Waals surface area contributed by atoms with Crippen molar-refractivity contribution in [1.29, 1.82) is 0 Å². The molecule has 21 heavy (non-hydrogen) atoms. The first-order chi connectivity index (χ1) is 9.22. The van der Waals surface area contributed by atoms with E-state index in [0.717, 1.165) is 25.7 Å². The summed E-state index contributed by atoms with van der Waals surface area (Å²) in [6.45, 7) is 7.42. The van der Waals surface area contributed by atoms with Crippen LogP contribution in [0.1, 0.15) is 71.1 Å². The molecule has 2 rings (SSSR count). The van der Waals surface area contributed by atoms with Crippen LogP contribution < -0.4 is 11.1 Å². The minimum Gasteiger partial charge on any atom is -0.344 e. The molecule has 1 aromatic rings. The van der Waals surface area contributed by atoms with Gasteiger partial charge in [0.15, 0.2) is 5.82 Å². The molecule has 1 amide bonds. The third-order valence-corrected chi connectivity index (χ3v) is 3.78. The number of hydrogen-bond donors (Lipinski definition) is 2. The number of nitrogens with one attached hydrogen (secondary N) is 1. The summed E-state index contributed by atoms with van der Waals surface area (Å²) in [5.41, 5.74) is 5.38. The molecule has 120 valence electrons. The zero-order valence-electron chi connectivity index (χ0n) is 13.1. The van der Waals surface area contributed by atoms with Gasteiger partial charge in [0.2, 0.25) is 11.8 Å². The lowest BCUT2D eigenvalue weighted by molar-refractivity contribution is -0.129. The van der Waals surface area contributed by atoms with Crippen molar-refractivity contribution in [3.05, 3.63) is 11.7 Å². The monoisotopic (exact) mass is 316 g/mol. The number of amides is 1. The summed E-state index contributed by atoms with van der Waals surface area (Å²) in [5, 5.41) is 6.87. The van der Waals surface area contributed by atoms with E-state index in [1.54, 1.807) is 0 Å². The summed E-state index contributed by atoms with van der Waals surface area (Å²) < 4.78 is 5.26. The molecule has 1 aromatic heterocycles. The number of hydrogen-bond acceptors (Lipinski definition) is 5. The zero-order valence-corrected chi connectivity index (χ0v) is 13.9. The van der Waals surface area contributed by atoms with Crippen molar-refractivity contribution in [1.82, 2.24) is 15.5 Å². The fourth-order valence-electron chi connectivity index (χ4n) is 2.32. The van der Waals surface area contributed by atoms with Gasteiger partial charge in [-0.15, -0.1) is 12.4 Å². The molecule has 1 unspecified atom stereocenters. The standard InChI is InChI=1S/C14H24N4O2.ClH/c1-9(16-12(19)13(2,3)4)10-17-11(18-20-10)14(15)7-5-6-8-14;/h9H,5-8,15H2,1-4H3,(H,16,19);1H. The molecule has 3 N–H and O–H groups in total. The van der Waals surface area contributed by atoms with Crippen LogP contribution in [0.5, 0.6) is 0 Å². The second-order valence-electron chi connectivity index (χ2n) is 6.76. The summed E-state index contributed by atoms with van der Waals surface area (Å²) in [6.07, 6.45) is 3.96. The summed E-state index contributed by atoms with van der Waals surface area (Å²) >= 11 is 0. The van der Waals surface area contributed by atoms with E-state index >= 15 is 0 Å². The highest BCUT2D eigenvalue weighted by molar-refractivity contribution is 5.85. The quantitative estimate of drug-likeness (QED) is 0.893. The minimum atomic E-state index is -0.463. The van der Waals surface area contributed by atoms with Gasteiger partial charge in [-0.2, -0.15) is 4.98 Å². The summed E-state index contributed by atoms with van der Waals surface area (Å²) in [7, 11) is 0. The van der Waals surface area contributed by atoms with Gasteiger partial charge in [0.05, 0.1) is 5.54 Å². The summed E-state index contributed by atoms with van der Waals surface area (Å²) in [6, 6.07) is -0.312. The Morgan fingerprint density at radius 2 is 1.95 bits per heavy atom. The molecular weight excluding hydrogens is 292 g/mol. The normalized spacial score (nSPS) is 18.9. The van der Waals surface area contributed by atoms with Crippen LogP contribution in [0.3, 0.4) is 0 Å². The fourth-order valence-corrected chi connectivity index (χ4v) is 2.32. The average molecular weight is 317 g/mol. The lowest BCUT2D eigenvalue weighted by Gasteiger charge is -2.20. The number of nitrogens with two attached hydrogens (primary N) is 1. The van der Waals surface area contributed by atoms with Gasteiger partial charge < -0.3 is 15.6 Å². The topological polar surface area (TPSA) is 94.0 Å². The number of aromatic nitrogens is 2. The maximum atomic E-state index is 11.9. The van der Waals surface area contributed by atoms with Gasteiger partial charge >= 0.3 is 0 Å². The molecular formula is C14H25ClN4O2. The maximum absolute atomic E-state index is 11.9. The molecule has 0 saturated heterocycles. The Labute approximate surface area is 131 Å². The average Bonchev–Trinajstić information content (AvgIpc) is 2.96. The second kappa shape index (κ2) is 6.32. The Bertz CT molecular complexity index is 489. The zero-order chi connectivity index (χ0) is 15.0. The second-order valence-corrected chi connectivity index (χ2v) is 6.76. The first-order valence-electron chi connectivity index (χ1n) is 7.16. The van der Waals surface area contributed by atoms with Crippen LogP contribution in [0.15, 0.2) is 4.52 Å². The van der Waals surface area contributed by atoms with Gasteiger partial charge in [-0.1, -0.05) is 38.8 Å². The van der Waals surface area contributed by atoms with E-state index in [4.69, 9.17) is 10.3 Å². The van der Waals surface area contributed by atoms with E-state index in [9.17, 15) is 4.79 Å². The van der Waals surface area contributed by atoms with Crippen molar-refractivity contribution in [3.8, 4) is 0 Å². The molecule has 1 aliphatic rings. The van der Waals surface area contributed by atoms with E-state index in [-0.39, 0.29) is 24.4 Å². The number of nitrogens with zero attached hydrogens (tertiary/aromatic N) is 2. The first-order valence-corrected chi connectivity index (χ1v) is 7.16. The number of carbonyl (C=O) groups is 1. The third-order valence-electron chi connectivity index (χ3n) is 3.78. The molecule has 0 radical (unpaired) electrons. The van der Waals surface area contributed by atoms with Gasteiger partial charge in [0.25, 0.3) is 0 Å². The van der Waals surface area contributed by atoms with Crippen molar-refractivity contribution in [2.45, 2.75) is 65.0 Å². The molecule has 1 saturated carbocycles. The van der Waals surface area contributed by atoms with Gasteiger partial charge in [-0.25, -0.2) is 0 Å². The van der Waals surface area contributed by atoms with Gasteiger partial charge in [-0.3, -0.25) is 4.79 Å². The lowest BCUT2D eigenvalue weighted by atomic mass is 9.95. The van der Waals surface area contributed by atoms with E-state index < -0.39 is 11.0 Å². The number of halogens is 1. The first kappa shape index (κ1) is 17.9. The third kappa shape index (κ3) is 3.95. The Morgan fingerprint density at radius 3 is 2.48 bits per heavy atom. The van der Waals surface area contributed by atoms with E-state index in [2.05, 4.69) is 15.5 Å². The number of carbonyl (C=O) groups excluding carboxylic acids is 1. The molecule has 7 heteroatoms. The molecule has 6 nitrogen and oxygen atoms in total. The van der Waals surface area contributed by atoms with Crippen LogP contribution in [0.4, 0.5) is 0 Å². The van der Waals surface area contributed by atoms with Crippen LogP contribution in [0.25, 0.3) is 0 Å². The Hall–Kier alpha value is -1.14. The maximum Gasteiger partial charge on any atom is 0.248 e. The van der Waals surface area contributed by atoms with Crippen molar-refractivity contribution >= 4 is 18.3 Å². The van der Waals surface area contributed by atoms with Crippen LogP contribution in [-0.2, 0) is 10.3 Å². The van der Waals surface area contributed by atoms with Crippen LogP contribution in [0, 0.1) is 5.41 Å². The number of rotatable bonds is 3. The molecule has 1 heterocycles. The highest BCUT2D eigenvalue weighted by Gasteiger charge is 2.36. The highest BCUT2D eigenvalue weighted by atomic mass is 35.5. The van der Waals surface area contributed by atoms with Gasteiger partial charge in [0.1, 0.15) is 6.04 Å². The summed E-state index contributed by atoms with van der Waals surface area (Å²) in [4.78, 5) is 16.3. The largest absolute Gasteiger partial charge is 0.344 e. The van der Waals surface area contributed by atoms with E-state index in [1.165, 1.54) is 0 Å². The minimum absolute atomic E-state index is 0. The van der Waals surface area contributed by atoms with E-state index in [1.807, 2.05) is 27.7 Å². The molecule has 0 bridgehead atoms. The van der Waals surface area contributed by atoms with Crippen LogP contribution in [-0.4, -0.2) is 16.0 Å². The molecule has 0 aromatic carbocycles.